The van der Waals surface area contributed by atoms with Crippen LogP contribution in [-0.2, 0) is 2.84 Å². The van der Waals surface area contributed by atoms with Crippen molar-refractivity contribution in [3.8, 4) is 0 Å². The summed E-state index contributed by atoms with van der Waals surface area (Å²) in [5.41, 5.74) is 0. The molecule has 0 rings (SSSR count). The molecule has 0 spiro atoms. The average molecular weight is 298 g/mol. The zero-order chi connectivity index (χ0) is 14.2. The smallest absolute Gasteiger partial charge is 0.429 e. The van der Waals surface area contributed by atoms with Gasteiger partial charge < -0.3 is 2.84 Å². The monoisotopic (exact) mass is 298 g/mol. The lowest BCUT2D eigenvalue weighted by Gasteiger charge is -2.11. The molecule has 0 fully saturated rings. The van der Waals surface area contributed by atoms with Gasteiger partial charge in [-0.05, 0) is 0 Å². The molecule has 0 N–H and O–H groups in total. The molecule has 112 valence electrons. The molecule has 0 aliphatic rings. The summed E-state index contributed by atoms with van der Waals surface area (Å²) in [6, 6.07) is 0. The van der Waals surface area contributed by atoms with Gasteiger partial charge in [-0.3, -0.25) is 0 Å². The maximum Gasteiger partial charge on any atom is 0.429 e. The summed E-state index contributed by atoms with van der Waals surface area (Å²) < 4.78 is 5.88. The Kier molecular flexibility index (Phi) is 18.0. The molecule has 0 aromatic heterocycles. The van der Waals surface area contributed by atoms with Gasteiger partial charge in [-0.1, -0.05) is 101 Å². The van der Waals surface area contributed by atoms with E-state index < -0.39 is 14.5 Å². The average Bonchev–Trinajstić information content (AvgIpc) is 2.44. The molecule has 0 amide bonds. The highest BCUT2D eigenvalue weighted by Gasteiger charge is 2.15. The Morgan fingerprint density at radius 3 is 1.37 bits per heavy atom. The molecule has 19 heavy (non-hydrogen) atoms. The third kappa shape index (κ3) is 15.2. The molecule has 0 saturated heterocycles. The zero-order valence-electron chi connectivity index (χ0n) is 13.9. The lowest BCUT2D eigenvalue weighted by molar-refractivity contribution is 0.575. The normalized spacial score (nSPS) is 10.8. The Morgan fingerprint density at radius 2 is 1.00 bits per heavy atom. The Hall–Kier alpha value is 1.02. The first-order valence-electron chi connectivity index (χ1n) is 8.87. The standard InChI is InChI=1S/2C8H17.2Al.O.2H/c2*1-3-5-7-8-6-4-2;;;;;/h2*1,3-8H2,2H3;;;;;. The quantitative estimate of drug-likeness (QED) is 0.296. The molecule has 1 nitrogen and oxygen atoms in total. The lowest BCUT2D eigenvalue weighted by Crippen LogP contribution is -2.15. The summed E-state index contributed by atoms with van der Waals surface area (Å²) in [5, 5.41) is 2.90. The number of hydrogen-bond acceptors (Lipinski definition) is 1. The van der Waals surface area contributed by atoms with E-state index in [9.17, 15) is 0 Å². The van der Waals surface area contributed by atoms with Crippen molar-refractivity contribution in [3.63, 3.8) is 0 Å². The molecular formula is C16H36Al2O. The fourth-order valence-corrected chi connectivity index (χ4v) is 6.35. The van der Waals surface area contributed by atoms with Gasteiger partial charge in [-0.15, -0.1) is 0 Å². The van der Waals surface area contributed by atoms with Crippen LogP contribution in [-0.4, -0.2) is 31.1 Å². The van der Waals surface area contributed by atoms with Gasteiger partial charge in [0, 0.05) is 0 Å². The molecule has 0 radical (unpaired) electrons. The van der Waals surface area contributed by atoms with Gasteiger partial charge in [0.15, 0.2) is 0 Å². The highest BCUT2D eigenvalue weighted by Crippen LogP contribution is 2.15. The van der Waals surface area contributed by atoms with Crippen LogP contribution in [0.15, 0.2) is 0 Å². The summed E-state index contributed by atoms with van der Waals surface area (Å²) in [6.07, 6.45) is 17.2. The Balaban J connectivity index is 3.30. The van der Waals surface area contributed by atoms with Crippen LogP contribution in [0.3, 0.4) is 0 Å². The van der Waals surface area contributed by atoms with E-state index in [1.54, 1.807) is 0 Å². The van der Waals surface area contributed by atoms with Crippen molar-refractivity contribution in [2.24, 2.45) is 0 Å². The van der Waals surface area contributed by atoms with Crippen molar-refractivity contribution >= 4 is 31.1 Å². The molecule has 0 bridgehead atoms. The van der Waals surface area contributed by atoms with Gasteiger partial charge in [0.05, 0.1) is 0 Å². The Morgan fingerprint density at radius 1 is 0.632 bits per heavy atom. The maximum absolute atomic E-state index is 5.88. The van der Waals surface area contributed by atoms with E-state index in [4.69, 9.17) is 2.84 Å². The van der Waals surface area contributed by atoms with Gasteiger partial charge in [0.25, 0.3) is 0 Å². The van der Waals surface area contributed by atoms with Gasteiger partial charge in [-0.2, -0.15) is 0 Å². The van der Waals surface area contributed by atoms with Gasteiger partial charge in [-0.25, -0.2) is 0 Å². The second kappa shape index (κ2) is 17.1. The van der Waals surface area contributed by atoms with E-state index in [1.807, 2.05) is 0 Å². The van der Waals surface area contributed by atoms with Gasteiger partial charge in [0.2, 0.25) is 0 Å². The third-order valence-electron chi connectivity index (χ3n) is 4.09. The molecule has 0 atom stereocenters. The van der Waals surface area contributed by atoms with Crippen molar-refractivity contribution in [1.82, 2.24) is 0 Å². The molecule has 0 aliphatic carbocycles. The molecular weight excluding hydrogens is 262 g/mol. The van der Waals surface area contributed by atoms with Crippen molar-refractivity contribution in [2.45, 2.75) is 101 Å². The summed E-state index contributed by atoms with van der Waals surface area (Å²) in [4.78, 5) is 0. The van der Waals surface area contributed by atoms with E-state index in [0.29, 0.717) is 0 Å². The predicted molar refractivity (Wildman–Crippen MR) is 91.7 cm³/mol. The lowest BCUT2D eigenvalue weighted by atomic mass is 10.1. The fourth-order valence-electron chi connectivity index (χ4n) is 2.68. The SMILES string of the molecule is CCCCCCC[CH2][Al]([CH2]CCCCCCC)[O][AlH2]. The Bertz CT molecular complexity index is 149. The van der Waals surface area contributed by atoms with E-state index >= 15 is 0 Å². The van der Waals surface area contributed by atoms with Crippen LogP contribution in [0.4, 0.5) is 0 Å². The highest BCUT2D eigenvalue weighted by molar-refractivity contribution is 6.55. The largest absolute Gasteiger partial charge is 0.642 e. The summed E-state index contributed by atoms with van der Waals surface area (Å²) in [7, 11) is 0. The van der Waals surface area contributed by atoms with Crippen LogP contribution >= 0.6 is 0 Å². The molecule has 0 aliphatic heterocycles. The molecule has 0 aromatic carbocycles. The van der Waals surface area contributed by atoms with Gasteiger partial charge in [0.1, 0.15) is 0 Å². The topological polar surface area (TPSA) is 9.23 Å². The predicted octanol–water partition coefficient (Wildman–Crippen LogP) is 5.26. The van der Waals surface area contributed by atoms with Crippen molar-refractivity contribution in [3.05, 3.63) is 0 Å². The first-order valence-corrected chi connectivity index (χ1v) is 11.8. The number of rotatable bonds is 15. The molecule has 3 heteroatoms. The number of unbranched alkanes of at least 4 members (excludes halogenated alkanes) is 10. The minimum absolute atomic E-state index is 0.769. The van der Waals surface area contributed by atoms with E-state index in [0.717, 1.165) is 16.6 Å². The van der Waals surface area contributed by atoms with Gasteiger partial charge >= 0.3 is 31.1 Å². The third-order valence-corrected chi connectivity index (χ3v) is 8.86. The molecule has 0 heterocycles. The van der Waals surface area contributed by atoms with E-state index in [2.05, 4.69) is 13.8 Å². The van der Waals surface area contributed by atoms with Crippen LogP contribution in [0.2, 0.25) is 10.6 Å². The van der Waals surface area contributed by atoms with E-state index in [-0.39, 0.29) is 0 Å². The second-order valence-electron chi connectivity index (χ2n) is 5.97. The Labute approximate surface area is 135 Å². The molecule has 0 saturated carbocycles. The van der Waals surface area contributed by atoms with Crippen LogP contribution in [0.1, 0.15) is 90.9 Å². The van der Waals surface area contributed by atoms with Crippen LogP contribution < -0.4 is 0 Å². The van der Waals surface area contributed by atoms with Crippen molar-refractivity contribution in [1.29, 1.82) is 0 Å². The summed E-state index contributed by atoms with van der Waals surface area (Å²) in [6.45, 7) is 4.58. The minimum atomic E-state index is -0.769. The number of hydrogen-bond donors (Lipinski definition) is 0. The van der Waals surface area contributed by atoms with Crippen LogP contribution in [0.25, 0.3) is 0 Å². The molecule has 0 unspecified atom stereocenters. The van der Waals surface area contributed by atoms with Crippen molar-refractivity contribution < 1.29 is 2.84 Å². The van der Waals surface area contributed by atoms with E-state index in [1.165, 1.54) is 87.6 Å². The second-order valence-corrected chi connectivity index (χ2v) is 10.3. The first-order chi connectivity index (χ1) is 9.35. The summed E-state index contributed by atoms with van der Waals surface area (Å²) in [5.74, 6) is 0. The van der Waals surface area contributed by atoms with Crippen LogP contribution in [0, 0.1) is 0 Å². The highest BCUT2D eigenvalue weighted by atomic mass is 27.2. The summed E-state index contributed by atoms with van der Waals surface area (Å²) >= 11 is 0.206. The fraction of sp³-hybridized carbons (Fsp3) is 1.00. The minimum Gasteiger partial charge on any atom is -0.642 e. The first kappa shape index (κ1) is 20.0. The molecule has 0 aromatic rings. The van der Waals surface area contributed by atoms with Crippen molar-refractivity contribution in [2.75, 3.05) is 0 Å². The maximum atomic E-state index is 5.88. The zero-order valence-corrected chi connectivity index (χ0v) is 17.0. The van der Waals surface area contributed by atoms with Crippen LogP contribution in [0.5, 0.6) is 0 Å².